The smallest absolute Gasteiger partial charge is 0.253 e. The maximum absolute atomic E-state index is 12.6. The molecule has 0 spiro atoms. The molecule has 2 saturated heterocycles. The SMILES string of the molecule is COc1ccc([C@@H]2CN(C(=O)[C@@H](O)CO)C[C@@]2(C)[C@@H](C)O)cc1OC1CN(c2cnc(C)s2)C1. The molecule has 1 aromatic carbocycles. The number of aliphatic hydroxyl groups excluding tert-OH is 3. The zero-order chi connectivity index (χ0) is 24.6. The molecule has 2 aliphatic heterocycles. The van der Waals surface area contributed by atoms with Gasteiger partial charge in [-0.25, -0.2) is 4.98 Å². The molecule has 0 radical (unpaired) electrons. The van der Waals surface area contributed by atoms with Gasteiger partial charge in [-0.2, -0.15) is 0 Å². The van der Waals surface area contributed by atoms with Crippen LogP contribution in [0.3, 0.4) is 0 Å². The molecule has 1 amide bonds. The van der Waals surface area contributed by atoms with E-state index in [2.05, 4.69) is 9.88 Å². The van der Waals surface area contributed by atoms with Crippen molar-refractivity contribution in [2.24, 2.45) is 5.41 Å². The Labute approximate surface area is 203 Å². The molecule has 0 aliphatic carbocycles. The Morgan fingerprint density at radius 3 is 2.62 bits per heavy atom. The van der Waals surface area contributed by atoms with E-state index < -0.39 is 30.1 Å². The number of thiazole rings is 1. The van der Waals surface area contributed by atoms with E-state index >= 15 is 0 Å². The van der Waals surface area contributed by atoms with Crippen LogP contribution in [0.25, 0.3) is 0 Å². The number of carbonyl (C=O) groups excluding carboxylic acids is 1. The van der Waals surface area contributed by atoms with Crippen LogP contribution in [0.15, 0.2) is 24.4 Å². The molecule has 0 unspecified atom stereocenters. The zero-order valence-electron chi connectivity index (χ0n) is 20.0. The van der Waals surface area contributed by atoms with Crippen LogP contribution in [0, 0.1) is 12.3 Å². The molecule has 3 heterocycles. The standard InChI is InChI=1S/C24H33N3O6S/c1-14(29)24(3)13-27(23(31)19(30)12-28)11-18(24)16-5-6-20(32-4)21(7-16)33-17-9-26(10-17)22-8-25-15(2)34-22/h5-8,14,17-19,28-30H,9-13H2,1-4H3/t14-,18+,19+,24+/m1/s1. The molecule has 10 heteroatoms. The van der Waals surface area contributed by atoms with E-state index in [1.54, 1.807) is 25.4 Å². The number of rotatable bonds is 8. The normalized spacial score (nSPS) is 24.6. The zero-order valence-corrected chi connectivity index (χ0v) is 20.8. The number of aromatic nitrogens is 1. The summed E-state index contributed by atoms with van der Waals surface area (Å²) < 4.78 is 11.8. The summed E-state index contributed by atoms with van der Waals surface area (Å²) in [4.78, 5) is 20.6. The number of likely N-dealkylation sites (tertiary alicyclic amines) is 1. The van der Waals surface area contributed by atoms with Gasteiger partial charge in [-0.1, -0.05) is 13.0 Å². The quantitative estimate of drug-likeness (QED) is 0.508. The summed E-state index contributed by atoms with van der Waals surface area (Å²) in [5.41, 5.74) is 0.288. The summed E-state index contributed by atoms with van der Waals surface area (Å²) in [5, 5.41) is 31.8. The molecule has 2 aliphatic rings. The summed E-state index contributed by atoms with van der Waals surface area (Å²) in [6, 6.07) is 5.71. The number of anilines is 1. The second kappa shape index (κ2) is 9.69. The van der Waals surface area contributed by atoms with Crippen LogP contribution in [-0.4, -0.2) is 89.3 Å². The second-order valence-corrected chi connectivity index (χ2v) is 10.6. The van der Waals surface area contributed by atoms with Crippen molar-refractivity contribution in [3.8, 4) is 11.5 Å². The minimum Gasteiger partial charge on any atom is -0.493 e. The first-order valence-electron chi connectivity index (χ1n) is 11.4. The maximum Gasteiger partial charge on any atom is 0.253 e. The molecule has 9 nitrogen and oxygen atoms in total. The van der Waals surface area contributed by atoms with Crippen LogP contribution in [0.1, 0.15) is 30.3 Å². The average molecular weight is 492 g/mol. The summed E-state index contributed by atoms with van der Waals surface area (Å²) in [7, 11) is 1.60. The van der Waals surface area contributed by atoms with Crippen LogP contribution in [-0.2, 0) is 4.79 Å². The molecule has 186 valence electrons. The van der Waals surface area contributed by atoms with Gasteiger partial charge in [0.05, 0.1) is 44.1 Å². The van der Waals surface area contributed by atoms with Gasteiger partial charge in [0, 0.05) is 24.4 Å². The molecule has 34 heavy (non-hydrogen) atoms. The van der Waals surface area contributed by atoms with Crippen molar-refractivity contribution in [1.82, 2.24) is 9.88 Å². The van der Waals surface area contributed by atoms with E-state index in [1.807, 2.05) is 38.2 Å². The van der Waals surface area contributed by atoms with Crippen molar-refractivity contribution in [2.75, 3.05) is 44.8 Å². The summed E-state index contributed by atoms with van der Waals surface area (Å²) >= 11 is 1.66. The summed E-state index contributed by atoms with van der Waals surface area (Å²) in [6.07, 6.45) is -0.266. The number of amides is 1. The molecular formula is C24H33N3O6S. The van der Waals surface area contributed by atoms with E-state index in [1.165, 1.54) is 4.90 Å². The Kier molecular flexibility index (Phi) is 7.04. The third-order valence-corrected chi connectivity index (χ3v) is 8.08. The number of nitrogens with zero attached hydrogens (tertiary/aromatic N) is 3. The lowest BCUT2D eigenvalue weighted by Gasteiger charge is -2.39. The van der Waals surface area contributed by atoms with Gasteiger partial charge in [0.25, 0.3) is 5.91 Å². The van der Waals surface area contributed by atoms with Gasteiger partial charge >= 0.3 is 0 Å². The predicted octanol–water partition coefficient (Wildman–Crippen LogP) is 1.39. The number of benzene rings is 1. The molecule has 4 atom stereocenters. The van der Waals surface area contributed by atoms with Crippen molar-refractivity contribution >= 4 is 22.2 Å². The van der Waals surface area contributed by atoms with E-state index in [0.29, 0.717) is 18.0 Å². The molecule has 1 aromatic heterocycles. The largest absolute Gasteiger partial charge is 0.493 e. The molecule has 2 fully saturated rings. The average Bonchev–Trinajstić information content (AvgIpc) is 3.38. The fourth-order valence-electron chi connectivity index (χ4n) is 4.75. The van der Waals surface area contributed by atoms with Gasteiger partial charge in [0.15, 0.2) is 17.6 Å². The monoisotopic (exact) mass is 491 g/mol. The number of hydrogen-bond donors (Lipinski definition) is 3. The van der Waals surface area contributed by atoms with Crippen LogP contribution in [0.2, 0.25) is 0 Å². The number of methoxy groups -OCH3 is 1. The predicted molar refractivity (Wildman–Crippen MR) is 129 cm³/mol. The molecular weight excluding hydrogens is 458 g/mol. The number of aryl methyl sites for hydroxylation is 1. The highest BCUT2D eigenvalue weighted by Gasteiger charge is 2.49. The third kappa shape index (κ3) is 4.59. The van der Waals surface area contributed by atoms with Gasteiger partial charge in [-0.15, -0.1) is 11.3 Å². The van der Waals surface area contributed by atoms with Crippen LogP contribution in [0.5, 0.6) is 11.5 Å². The van der Waals surface area contributed by atoms with Gasteiger partial charge < -0.3 is 34.6 Å². The van der Waals surface area contributed by atoms with Crippen molar-refractivity contribution in [1.29, 1.82) is 0 Å². The van der Waals surface area contributed by atoms with E-state index in [0.717, 1.165) is 28.7 Å². The van der Waals surface area contributed by atoms with Crippen molar-refractivity contribution in [3.63, 3.8) is 0 Å². The second-order valence-electron chi connectivity index (χ2n) is 9.42. The van der Waals surface area contributed by atoms with E-state index in [9.17, 15) is 20.1 Å². The van der Waals surface area contributed by atoms with Crippen molar-refractivity contribution < 1.29 is 29.6 Å². The Hall–Kier alpha value is -2.40. The van der Waals surface area contributed by atoms with Gasteiger partial charge in [0.2, 0.25) is 0 Å². The first-order valence-corrected chi connectivity index (χ1v) is 12.3. The van der Waals surface area contributed by atoms with Crippen LogP contribution in [0.4, 0.5) is 5.00 Å². The fourth-order valence-corrected chi connectivity index (χ4v) is 5.54. The summed E-state index contributed by atoms with van der Waals surface area (Å²) in [6.45, 7) is 7.12. The van der Waals surface area contributed by atoms with E-state index in [4.69, 9.17) is 9.47 Å². The molecule has 3 N–H and O–H groups in total. The highest BCUT2D eigenvalue weighted by atomic mass is 32.1. The highest BCUT2D eigenvalue weighted by molar-refractivity contribution is 7.15. The molecule has 0 bridgehead atoms. The van der Waals surface area contributed by atoms with Gasteiger partial charge in [-0.05, 0) is 31.5 Å². The Morgan fingerprint density at radius 1 is 1.29 bits per heavy atom. The Balaban J connectivity index is 1.53. The number of hydrogen-bond acceptors (Lipinski definition) is 9. The van der Waals surface area contributed by atoms with Crippen LogP contribution < -0.4 is 14.4 Å². The first kappa shape index (κ1) is 24.7. The third-order valence-electron chi connectivity index (χ3n) is 7.11. The lowest BCUT2D eigenvalue weighted by atomic mass is 9.72. The lowest BCUT2D eigenvalue weighted by molar-refractivity contribution is -0.141. The van der Waals surface area contributed by atoms with E-state index in [-0.39, 0.29) is 18.6 Å². The first-order chi connectivity index (χ1) is 16.2. The van der Waals surface area contributed by atoms with Gasteiger partial charge in [-0.3, -0.25) is 4.79 Å². The lowest BCUT2D eigenvalue weighted by Crippen LogP contribution is -2.53. The minimum absolute atomic E-state index is 0.0102. The molecule has 2 aromatic rings. The fraction of sp³-hybridized carbons (Fsp3) is 0.583. The maximum atomic E-state index is 12.6. The topological polar surface area (TPSA) is 116 Å². The Bertz CT molecular complexity index is 1020. The summed E-state index contributed by atoms with van der Waals surface area (Å²) in [5.74, 6) is 0.526. The van der Waals surface area contributed by atoms with Crippen LogP contribution >= 0.6 is 11.3 Å². The van der Waals surface area contributed by atoms with Gasteiger partial charge in [0.1, 0.15) is 11.1 Å². The number of aliphatic hydroxyl groups is 3. The molecule has 0 saturated carbocycles. The Morgan fingerprint density at radius 2 is 2.03 bits per heavy atom. The minimum atomic E-state index is -1.46. The molecule has 4 rings (SSSR count). The number of ether oxygens (including phenoxy) is 2. The number of carbonyl (C=O) groups is 1. The highest BCUT2D eigenvalue weighted by Crippen LogP contribution is 2.47. The van der Waals surface area contributed by atoms with Crippen molar-refractivity contribution in [3.05, 3.63) is 35.0 Å². The van der Waals surface area contributed by atoms with Crippen molar-refractivity contribution in [2.45, 2.75) is 45.0 Å².